The Kier molecular flexibility index (Phi) is 6.53. The average Bonchev–Trinajstić information content (AvgIpc) is 2.39. The summed E-state index contributed by atoms with van der Waals surface area (Å²) in [5.74, 6) is 0.219. The number of rotatable bonds is 8. The molecule has 0 heterocycles. The lowest BCUT2D eigenvalue weighted by molar-refractivity contribution is 0.0746. The predicted octanol–water partition coefficient (Wildman–Crippen LogP) is 2.41. The van der Waals surface area contributed by atoms with Crippen LogP contribution in [0.4, 0.5) is 0 Å². The van der Waals surface area contributed by atoms with E-state index in [9.17, 15) is 0 Å². The second-order valence-electron chi connectivity index (χ2n) is 4.79. The first-order chi connectivity index (χ1) is 9.10. The number of hydrogen-bond acceptors (Lipinski definition) is 3. The smallest absolute Gasteiger partial charge is 0.0924 e. The van der Waals surface area contributed by atoms with Gasteiger partial charge in [0.15, 0.2) is 0 Å². The summed E-state index contributed by atoms with van der Waals surface area (Å²) in [6, 6.07) is 10.7. The highest BCUT2D eigenvalue weighted by atomic mass is 16.5. The largest absolute Gasteiger partial charge is 0.388 e. The van der Waals surface area contributed by atoms with Crippen LogP contribution in [0, 0.1) is 5.41 Å². The molecule has 0 amide bonds. The van der Waals surface area contributed by atoms with E-state index in [1.807, 2.05) is 18.2 Å². The Balaban J connectivity index is 2.97. The summed E-state index contributed by atoms with van der Waals surface area (Å²) in [6.45, 7) is 5.84. The highest BCUT2D eigenvalue weighted by molar-refractivity contribution is 5.77. The van der Waals surface area contributed by atoms with E-state index < -0.39 is 0 Å². The third-order valence-corrected chi connectivity index (χ3v) is 3.34. The fourth-order valence-electron chi connectivity index (χ4n) is 2.49. The zero-order valence-electron chi connectivity index (χ0n) is 12.1. The van der Waals surface area contributed by atoms with Crippen LogP contribution >= 0.6 is 0 Å². The summed E-state index contributed by atoms with van der Waals surface area (Å²) in [5.41, 5.74) is 6.82. The van der Waals surface area contributed by atoms with Crippen LogP contribution in [0.1, 0.15) is 31.9 Å². The van der Waals surface area contributed by atoms with Crippen molar-refractivity contribution >= 4 is 5.84 Å². The number of ether oxygens (including phenoxy) is 1. The molecule has 2 atom stereocenters. The fourth-order valence-corrected chi connectivity index (χ4v) is 2.49. The molecule has 0 fully saturated rings. The van der Waals surface area contributed by atoms with Crippen molar-refractivity contribution in [2.24, 2.45) is 5.73 Å². The van der Waals surface area contributed by atoms with Gasteiger partial charge in [-0.05, 0) is 19.0 Å². The van der Waals surface area contributed by atoms with Gasteiger partial charge in [-0.15, -0.1) is 0 Å². The van der Waals surface area contributed by atoms with Gasteiger partial charge in [-0.25, -0.2) is 0 Å². The summed E-state index contributed by atoms with van der Waals surface area (Å²) in [4.78, 5) is 2.33. The minimum atomic E-state index is 0.133. The molecule has 4 nitrogen and oxygen atoms in total. The lowest BCUT2D eigenvalue weighted by atomic mass is 10.00. The zero-order chi connectivity index (χ0) is 14.3. The van der Waals surface area contributed by atoms with Crippen LogP contribution in [0.25, 0.3) is 0 Å². The quantitative estimate of drug-likeness (QED) is 0.559. The summed E-state index contributed by atoms with van der Waals surface area (Å²) in [6.07, 6.45) is 0.548. The summed E-state index contributed by atoms with van der Waals surface area (Å²) in [7, 11) is 1.72. The highest BCUT2D eigenvalue weighted by Crippen LogP contribution is 2.26. The van der Waals surface area contributed by atoms with Crippen molar-refractivity contribution < 1.29 is 4.74 Å². The Labute approximate surface area is 116 Å². The van der Waals surface area contributed by atoms with Gasteiger partial charge < -0.3 is 10.5 Å². The predicted molar refractivity (Wildman–Crippen MR) is 79.4 cm³/mol. The van der Waals surface area contributed by atoms with Gasteiger partial charge in [-0.2, -0.15) is 0 Å². The second-order valence-corrected chi connectivity index (χ2v) is 4.79. The highest BCUT2D eigenvalue weighted by Gasteiger charge is 2.24. The van der Waals surface area contributed by atoms with E-state index in [2.05, 4.69) is 30.9 Å². The maximum absolute atomic E-state index is 7.61. The van der Waals surface area contributed by atoms with E-state index in [4.69, 9.17) is 15.9 Å². The Bertz CT molecular complexity index is 380. The van der Waals surface area contributed by atoms with Crippen molar-refractivity contribution in [2.45, 2.75) is 32.4 Å². The van der Waals surface area contributed by atoms with Gasteiger partial charge in [0.25, 0.3) is 0 Å². The molecular formula is C15H25N3O. The van der Waals surface area contributed by atoms with Gasteiger partial charge in [0.2, 0.25) is 0 Å². The molecule has 0 saturated heterocycles. The van der Waals surface area contributed by atoms with Gasteiger partial charge >= 0.3 is 0 Å². The number of nitrogens with one attached hydrogen (secondary N) is 1. The Morgan fingerprint density at radius 3 is 2.47 bits per heavy atom. The first kappa shape index (κ1) is 15.7. The third-order valence-electron chi connectivity index (χ3n) is 3.34. The van der Waals surface area contributed by atoms with Crippen molar-refractivity contribution in [1.29, 1.82) is 5.41 Å². The minimum Gasteiger partial charge on any atom is -0.388 e. The molecule has 3 N–H and O–H groups in total. The number of benzene rings is 1. The Morgan fingerprint density at radius 1 is 1.37 bits per heavy atom. The number of nitrogens with zero attached hydrogens (tertiary/aromatic N) is 1. The van der Waals surface area contributed by atoms with Crippen molar-refractivity contribution in [1.82, 2.24) is 4.90 Å². The zero-order valence-corrected chi connectivity index (χ0v) is 12.1. The monoisotopic (exact) mass is 263 g/mol. The van der Waals surface area contributed by atoms with E-state index in [1.165, 1.54) is 5.56 Å². The summed E-state index contributed by atoms with van der Waals surface area (Å²) < 4.78 is 5.25. The van der Waals surface area contributed by atoms with Crippen LogP contribution < -0.4 is 5.73 Å². The molecule has 19 heavy (non-hydrogen) atoms. The number of methoxy groups -OCH3 is 1. The maximum Gasteiger partial charge on any atom is 0.0924 e. The maximum atomic E-state index is 7.61. The molecule has 1 aromatic rings. The Hall–Kier alpha value is -1.39. The van der Waals surface area contributed by atoms with Crippen LogP contribution in [-0.4, -0.2) is 37.0 Å². The molecule has 0 spiro atoms. The van der Waals surface area contributed by atoms with Crippen molar-refractivity contribution in [3.05, 3.63) is 35.9 Å². The molecule has 1 aromatic carbocycles. The molecule has 2 unspecified atom stereocenters. The van der Waals surface area contributed by atoms with Crippen LogP contribution in [0.15, 0.2) is 30.3 Å². The standard InChI is InChI=1S/C15H25N3O/c1-4-18(12(2)11-19-3)14(10-15(16)17)13-8-6-5-7-9-13/h5-9,12,14H,4,10-11H2,1-3H3,(H3,16,17). The van der Waals surface area contributed by atoms with E-state index in [1.54, 1.807) is 7.11 Å². The molecule has 0 aliphatic carbocycles. The van der Waals surface area contributed by atoms with Gasteiger partial charge in [0.05, 0.1) is 12.4 Å². The molecule has 106 valence electrons. The number of likely N-dealkylation sites (N-methyl/N-ethyl adjacent to an activating group) is 1. The molecule has 1 rings (SSSR count). The molecule has 0 bridgehead atoms. The number of nitrogens with two attached hydrogens (primary N) is 1. The number of amidine groups is 1. The van der Waals surface area contributed by atoms with Crippen LogP contribution in [0.2, 0.25) is 0 Å². The van der Waals surface area contributed by atoms with Gasteiger partial charge in [0, 0.05) is 25.6 Å². The van der Waals surface area contributed by atoms with E-state index >= 15 is 0 Å². The van der Waals surface area contributed by atoms with Gasteiger partial charge in [0.1, 0.15) is 0 Å². The molecule has 0 radical (unpaired) electrons. The van der Waals surface area contributed by atoms with Crippen molar-refractivity contribution in [3.8, 4) is 0 Å². The van der Waals surface area contributed by atoms with Crippen molar-refractivity contribution in [3.63, 3.8) is 0 Å². The summed E-state index contributed by atoms with van der Waals surface area (Å²) in [5, 5.41) is 7.61. The topological polar surface area (TPSA) is 62.3 Å². The molecule has 4 heteroatoms. The molecule has 0 aromatic heterocycles. The first-order valence-corrected chi connectivity index (χ1v) is 6.72. The lowest BCUT2D eigenvalue weighted by Crippen LogP contribution is -2.40. The average molecular weight is 263 g/mol. The first-order valence-electron chi connectivity index (χ1n) is 6.72. The Morgan fingerprint density at radius 2 is 2.00 bits per heavy atom. The van der Waals surface area contributed by atoms with Crippen LogP contribution in [-0.2, 0) is 4.74 Å². The van der Waals surface area contributed by atoms with Crippen molar-refractivity contribution in [2.75, 3.05) is 20.3 Å². The molecular weight excluding hydrogens is 238 g/mol. The fraction of sp³-hybridized carbons (Fsp3) is 0.533. The molecule has 0 saturated carbocycles. The summed E-state index contributed by atoms with van der Waals surface area (Å²) >= 11 is 0. The second kappa shape index (κ2) is 7.92. The molecule has 0 aliphatic rings. The SMILES string of the molecule is CCN(C(C)COC)C(CC(=N)N)c1ccccc1. The van der Waals surface area contributed by atoms with Crippen LogP contribution in [0.3, 0.4) is 0 Å². The molecule has 0 aliphatic heterocycles. The van der Waals surface area contributed by atoms with E-state index in [0.29, 0.717) is 19.1 Å². The van der Waals surface area contributed by atoms with E-state index in [0.717, 1.165) is 6.54 Å². The van der Waals surface area contributed by atoms with E-state index in [-0.39, 0.29) is 11.9 Å². The number of hydrogen-bond donors (Lipinski definition) is 2. The lowest BCUT2D eigenvalue weighted by Gasteiger charge is -2.35. The minimum absolute atomic E-state index is 0.133. The normalized spacial score (nSPS) is 14.3. The van der Waals surface area contributed by atoms with Crippen LogP contribution in [0.5, 0.6) is 0 Å². The third kappa shape index (κ3) is 4.65. The van der Waals surface area contributed by atoms with Gasteiger partial charge in [-0.3, -0.25) is 10.3 Å². The van der Waals surface area contributed by atoms with Gasteiger partial charge in [-0.1, -0.05) is 37.3 Å².